The van der Waals surface area contributed by atoms with Crippen LogP contribution in [0.1, 0.15) is 5.56 Å². The van der Waals surface area contributed by atoms with Gasteiger partial charge in [-0.1, -0.05) is 47.6 Å². The van der Waals surface area contributed by atoms with Gasteiger partial charge >= 0.3 is 0 Å². The van der Waals surface area contributed by atoms with Gasteiger partial charge in [0.1, 0.15) is 5.82 Å². The van der Waals surface area contributed by atoms with Gasteiger partial charge in [0.15, 0.2) is 11.6 Å². The molecule has 0 radical (unpaired) electrons. The molecule has 0 amide bonds. The second-order valence-electron chi connectivity index (χ2n) is 4.57. The van der Waals surface area contributed by atoms with E-state index in [1.807, 2.05) is 30.3 Å². The highest BCUT2D eigenvalue weighted by Gasteiger charge is 2.20. The highest BCUT2D eigenvalue weighted by atomic mass is 19.1. The summed E-state index contributed by atoms with van der Waals surface area (Å²) < 4.78 is 19.5. The number of benzene rings is 2. The predicted octanol–water partition coefficient (Wildman–Crippen LogP) is 4.04. The first-order valence-corrected chi connectivity index (χ1v) is 6.24. The van der Waals surface area contributed by atoms with E-state index in [1.165, 1.54) is 0 Å². The zero-order valence-corrected chi connectivity index (χ0v) is 10.9. The SMILES string of the molecule is Cc1cccc(-c2onc(N)c2-c2ccccc2)c1F. The van der Waals surface area contributed by atoms with Crippen molar-refractivity contribution in [3.05, 3.63) is 59.9 Å². The van der Waals surface area contributed by atoms with Crippen molar-refractivity contribution < 1.29 is 8.91 Å². The van der Waals surface area contributed by atoms with E-state index in [0.717, 1.165) is 5.56 Å². The Morgan fingerprint density at radius 2 is 1.80 bits per heavy atom. The maximum atomic E-state index is 14.3. The van der Waals surface area contributed by atoms with Gasteiger partial charge in [-0.3, -0.25) is 0 Å². The van der Waals surface area contributed by atoms with E-state index < -0.39 is 0 Å². The molecule has 0 aliphatic heterocycles. The number of halogens is 1. The van der Waals surface area contributed by atoms with E-state index in [-0.39, 0.29) is 11.6 Å². The van der Waals surface area contributed by atoms with E-state index >= 15 is 0 Å². The van der Waals surface area contributed by atoms with Crippen molar-refractivity contribution in [1.29, 1.82) is 0 Å². The zero-order chi connectivity index (χ0) is 14.1. The molecule has 3 nitrogen and oxygen atoms in total. The topological polar surface area (TPSA) is 52.0 Å². The summed E-state index contributed by atoms with van der Waals surface area (Å²) in [5, 5.41) is 3.78. The lowest BCUT2D eigenvalue weighted by Crippen LogP contribution is -1.91. The van der Waals surface area contributed by atoms with Crippen LogP contribution in [-0.2, 0) is 0 Å². The summed E-state index contributed by atoms with van der Waals surface area (Å²) in [6.07, 6.45) is 0. The van der Waals surface area contributed by atoms with Crippen molar-refractivity contribution in [2.24, 2.45) is 0 Å². The molecule has 2 aromatic carbocycles. The Morgan fingerprint density at radius 1 is 1.05 bits per heavy atom. The number of hydrogen-bond donors (Lipinski definition) is 1. The highest BCUT2D eigenvalue weighted by Crippen LogP contribution is 2.37. The van der Waals surface area contributed by atoms with Gasteiger partial charge in [-0.25, -0.2) is 4.39 Å². The summed E-state index contributed by atoms with van der Waals surface area (Å²) in [4.78, 5) is 0. The number of hydrogen-bond acceptors (Lipinski definition) is 3. The normalized spacial score (nSPS) is 10.7. The molecule has 0 atom stereocenters. The van der Waals surface area contributed by atoms with Gasteiger partial charge in [0.25, 0.3) is 0 Å². The molecule has 1 aromatic heterocycles. The summed E-state index contributed by atoms with van der Waals surface area (Å²) >= 11 is 0. The predicted molar refractivity (Wildman–Crippen MR) is 76.5 cm³/mol. The molecule has 0 spiro atoms. The Kier molecular flexibility index (Phi) is 2.99. The van der Waals surface area contributed by atoms with E-state index in [0.29, 0.717) is 22.5 Å². The van der Waals surface area contributed by atoms with Crippen LogP contribution < -0.4 is 5.73 Å². The number of aryl methyl sites for hydroxylation is 1. The molecule has 0 unspecified atom stereocenters. The molecule has 20 heavy (non-hydrogen) atoms. The quantitative estimate of drug-likeness (QED) is 0.763. The molecule has 0 aliphatic rings. The molecule has 100 valence electrons. The van der Waals surface area contributed by atoms with Crippen molar-refractivity contribution in [1.82, 2.24) is 5.16 Å². The Labute approximate surface area is 115 Å². The van der Waals surface area contributed by atoms with Gasteiger partial charge in [0.05, 0.1) is 11.1 Å². The minimum atomic E-state index is -0.319. The third kappa shape index (κ3) is 1.95. The summed E-state index contributed by atoms with van der Waals surface area (Å²) in [6, 6.07) is 14.6. The fourth-order valence-electron chi connectivity index (χ4n) is 2.19. The van der Waals surface area contributed by atoms with Crippen LogP contribution in [0.15, 0.2) is 53.1 Å². The number of nitrogen functional groups attached to an aromatic ring is 1. The molecule has 3 rings (SSSR count). The molecular formula is C16H13FN2O. The van der Waals surface area contributed by atoms with Crippen LogP contribution in [0, 0.1) is 12.7 Å². The minimum Gasteiger partial charge on any atom is -0.380 e. The minimum absolute atomic E-state index is 0.257. The lowest BCUT2D eigenvalue weighted by molar-refractivity contribution is 0.433. The lowest BCUT2D eigenvalue weighted by atomic mass is 10.00. The Bertz CT molecular complexity index is 750. The average molecular weight is 268 g/mol. The van der Waals surface area contributed by atoms with Gasteiger partial charge < -0.3 is 10.3 Å². The van der Waals surface area contributed by atoms with Crippen LogP contribution >= 0.6 is 0 Å². The summed E-state index contributed by atoms with van der Waals surface area (Å²) in [7, 11) is 0. The van der Waals surface area contributed by atoms with Crippen molar-refractivity contribution >= 4 is 5.82 Å². The number of rotatable bonds is 2. The molecule has 0 aliphatic carbocycles. The molecular weight excluding hydrogens is 255 g/mol. The molecule has 3 aromatic rings. The first-order chi connectivity index (χ1) is 9.68. The standard InChI is InChI=1S/C16H13FN2O/c1-10-6-5-9-12(14(10)17)15-13(16(18)19-20-15)11-7-3-2-4-8-11/h2-9H,1H3,(H2,18,19). The van der Waals surface area contributed by atoms with E-state index in [9.17, 15) is 4.39 Å². The first-order valence-electron chi connectivity index (χ1n) is 6.24. The van der Waals surface area contributed by atoms with Crippen LogP contribution in [0.4, 0.5) is 10.2 Å². The maximum Gasteiger partial charge on any atom is 0.179 e. The van der Waals surface area contributed by atoms with Gasteiger partial charge in [0.2, 0.25) is 0 Å². The molecule has 0 bridgehead atoms. The fraction of sp³-hybridized carbons (Fsp3) is 0.0625. The summed E-state index contributed by atoms with van der Waals surface area (Å²) in [6.45, 7) is 1.71. The average Bonchev–Trinajstić information content (AvgIpc) is 2.84. The van der Waals surface area contributed by atoms with Gasteiger partial charge in [-0.05, 0) is 24.1 Å². The number of aromatic nitrogens is 1. The number of nitrogens with zero attached hydrogens (tertiary/aromatic N) is 1. The van der Waals surface area contributed by atoms with E-state index in [1.54, 1.807) is 25.1 Å². The van der Waals surface area contributed by atoms with Crippen molar-refractivity contribution in [2.45, 2.75) is 6.92 Å². The lowest BCUT2D eigenvalue weighted by Gasteiger charge is -2.05. The summed E-state index contributed by atoms with van der Waals surface area (Å²) in [5.74, 6) is 0.294. The van der Waals surface area contributed by atoms with E-state index in [2.05, 4.69) is 5.16 Å². The van der Waals surface area contributed by atoms with Gasteiger partial charge in [-0.2, -0.15) is 0 Å². The Hall–Kier alpha value is -2.62. The van der Waals surface area contributed by atoms with Crippen LogP contribution in [0.3, 0.4) is 0 Å². The van der Waals surface area contributed by atoms with Crippen molar-refractivity contribution in [3.63, 3.8) is 0 Å². The largest absolute Gasteiger partial charge is 0.380 e. The molecule has 0 fully saturated rings. The molecule has 4 heteroatoms. The van der Waals surface area contributed by atoms with E-state index in [4.69, 9.17) is 10.3 Å². The summed E-state index contributed by atoms with van der Waals surface area (Å²) in [5.41, 5.74) is 8.26. The Balaban J connectivity index is 2.24. The van der Waals surface area contributed by atoms with Crippen LogP contribution in [-0.4, -0.2) is 5.16 Å². The van der Waals surface area contributed by atoms with Gasteiger partial charge in [-0.15, -0.1) is 0 Å². The smallest absolute Gasteiger partial charge is 0.179 e. The monoisotopic (exact) mass is 268 g/mol. The van der Waals surface area contributed by atoms with Crippen molar-refractivity contribution in [2.75, 3.05) is 5.73 Å². The molecule has 0 saturated heterocycles. The number of nitrogens with two attached hydrogens (primary N) is 1. The fourth-order valence-corrected chi connectivity index (χ4v) is 2.19. The Morgan fingerprint density at radius 3 is 2.55 bits per heavy atom. The van der Waals surface area contributed by atoms with Crippen LogP contribution in [0.25, 0.3) is 22.5 Å². The van der Waals surface area contributed by atoms with Crippen LogP contribution in [0.2, 0.25) is 0 Å². The molecule has 1 heterocycles. The second-order valence-corrected chi connectivity index (χ2v) is 4.57. The highest BCUT2D eigenvalue weighted by molar-refractivity contribution is 5.86. The zero-order valence-electron chi connectivity index (χ0n) is 10.9. The second kappa shape index (κ2) is 4.81. The number of anilines is 1. The van der Waals surface area contributed by atoms with Crippen LogP contribution in [0.5, 0.6) is 0 Å². The third-order valence-electron chi connectivity index (χ3n) is 3.22. The third-order valence-corrected chi connectivity index (χ3v) is 3.22. The first kappa shape index (κ1) is 12.4. The van der Waals surface area contributed by atoms with Gasteiger partial charge in [0, 0.05) is 0 Å². The van der Waals surface area contributed by atoms with Crippen molar-refractivity contribution in [3.8, 4) is 22.5 Å². The maximum absolute atomic E-state index is 14.3. The molecule has 0 saturated carbocycles. The molecule has 2 N–H and O–H groups in total.